The molecule has 1 N–H and O–H groups in total. The van der Waals surface area contributed by atoms with Crippen LogP contribution in [0.2, 0.25) is 0 Å². The number of benzene rings is 1. The van der Waals surface area contributed by atoms with Crippen molar-refractivity contribution in [1.29, 1.82) is 0 Å². The van der Waals surface area contributed by atoms with Crippen LogP contribution in [0.15, 0.2) is 36.7 Å². The second kappa shape index (κ2) is 6.30. The lowest BCUT2D eigenvalue weighted by atomic mass is 9.99. The first kappa shape index (κ1) is 14.2. The van der Waals surface area contributed by atoms with Gasteiger partial charge in [-0.15, -0.1) is 0 Å². The molecule has 0 aliphatic rings. The summed E-state index contributed by atoms with van der Waals surface area (Å²) in [6, 6.07) is 6.93. The molecule has 0 aliphatic carbocycles. The molecule has 0 saturated heterocycles. The van der Waals surface area contributed by atoms with Crippen LogP contribution in [-0.4, -0.2) is 23.0 Å². The molecule has 2 aromatic rings. The van der Waals surface area contributed by atoms with Gasteiger partial charge in [-0.25, -0.2) is 0 Å². The number of carbonyl (C=O) groups is 1. The number of aryl methyl sites for hydroxylation is 1. The largest absolute Gasteiger partial charge is 0.508 e. The van der Waals surface area contributed by atoms with Gasteiger partial charge in [0.2, 0.25) is 0 Å². The third kappa shape index (κ3) is 3.22. The van der Waals surface area contributed by atoms with E-state index in [9.17, 15) is 9.90 Å². The SMILES string of the molecule is COCc1cnccc1C(=O)Cc1cc(C)ccc1O. The summed E-state index contributed by atoms with van der Waals surface area (Å²) in [6.45, 7) is 2.27. The monoisotopic (exact) mass is 271 g/mol. The van der Waals surface area contributed by atoms with E-state index < -0.39 is 0 Å². The molecule has 20 heavy (non-hydrogen) atoms. The summed E-state index contributed by atoms with van der Waals surface area (Å²) in [7, 11) is 1.58. The Morgan fingerprint density at radius 1 is 1.30 bits per heavy atom. The molecule has 0 amide bonds. The summed E-state index contributed by atoms with van der Waals surface area (Å²) < 4.78 is 5.07. The predicted octanol–water partition coefficient (Wildman–Crippen LogP) is 2.67. The molecule has 0 saturated carbocycles. The van der Waals surface area contributed by atoms with Crippen molar-refractivity contribution < 1.29 is 14.6 Å². The zero-order valence-corrected chi connectivity index (χ0v) is 11.6. The molecule has 0 aliphatic heterocycles. The average Bonchev–Trinajstić information content (AvgIpc) is 2.44. The molecule has 0 fully saturated rings. The van der Waals surface area contributed by atoms with Gasteiger partial charge in [0.25, 0.3) is 0 Å². The number of rotatable bonds is 5. The average molecular weight is 271 g/mol. The van der Waals surface area contributed by atoms with Crippen molar-refractivity contribution in [3.63, 3.8) is 0 Å². The van der Waals surface area contributed by atoms with Gasteiger partial charge in [-0.3, -0.25) is 9.78 Å². The highest BCUT2D eigenvalue weighted by atomic mass is 16.5. The van der Waals surface area contributed by atoms with Crippen LogP contribution in [0.4, 0.5) is 0 Å². The third-order valence-electron chi connectivity index (χ3n) is 3.09. The number of hydrogen-bond acceptors (Lipinski definition) is 4. The second-order valence-electron chi connectivity index (χ2n) is 4.70. The maximum atomic E-state index is 12.4. The summed E-state index contributed by atoms with van der Waals surface area (Å²) >= 11 is 0. The molecule has 0 spiro atoms. The standard InChI is InChI=1S/C16H17NO3/c1-11-3-4-15(18)12(7-11)8-16(19)14-5-6-17-9-13(14)10-20-2/h3-7,9,18H,8,10H2,1-2H3. The Morgan fingerprint density at radius 3 is 2.85 bits per heavy atom. The van der Waals surface area contributed by atoms with Crippen LogP contribution in [0.25, 0.3) is 0 Å². The van der Waals surface area contributed by atoms with Gasteiger partial charge in [-0.2, -0.15) is 0 Å². The number of hydrogen-bond donors (Lipinski definition) is 1. The van der Waals surface area contributed by atoms with E-state index in [0.29, 0.717) is 17.7 Å². The minimum atomic E-state index is -0.0552. The summed E-state index contributed by atoms with van der Waals surface area (Å²) in [5, 5.41) is 9.81. The molecule has 1 aromatic heterocycles. The third-order valence-corrected chi connectivity index (χ3v) is 3.09. The number of pyridine rings is 1. The van der Waals surface area contributed by atoms with E-state index in [1.165, 1.54) is 0 Å². The van der Waals surface area contributed by atoms with E-state index in [0.717, 1.165) is 11.1 Å². The molecule has 2 rings (SSSR count). The number of aromatic nitrogens is 1. The van der Waals surface area contributed by atoms with Gasteiger partial charge in [-0.05, 0) is 19.1 Å². The Kier molecular flexibility index (Phi) is 4.48. The van der Waals surface area contributed by atoms with E-state index >= 15 is 0 Å². The van der Waals surface area contributed by atoms with Crippen molar-refractivity contribution in [3.8, 4) is 5.75 Å². The van der Waals surface area contributed by atoms with Crippen LogP contribution in [-0.2, 0) is 17.8 Å². The number of aromatic hydroxyl groups is 1. The fourth-order valence-electron chi connectivity index (χ4n) is 2.09. The zero-order valence-electron chi connectivity index (χ0n) is 11.6. The van der Waals surface area contributed by atoms with Gasteiger partial charge in [0.05, 0.1) is 6.61 Å². The molecule has 4 heteroatoms. The van der Waals surface area contributed by atoms with Crippen LogP contribution in [0.3, 0.4) is 0 Å². The number of nitrogens with zero attached hydrogens (tertiary/aromatic N) is 1. The highest BCUT2D eigenvalue weighted by molar-refractivity contribution is 5.99. The molecule has 1 heterocycles. The smallest absolute Gasteiger partial charge is 0.167 e. The zero-order chi connectivity index (χ0) is 14.5. The molecule has 0 bridgehead atoms. The summed E-state index contributed by atoms with van der Waals surface area (Å²) in [5.74, 6) is 0.0895. The fourth-order valence-corrected chi connectivity index (χ4v) is 2.09. The number of carbonyl (C=O) groups excluding carboxylic acids is 1. The van der Waals surface area contributed by atoms with E-state index in [2.05, 4.69) is 4.98 Å². The first-order valence-electron chi connectivity index (χ1n) is 6.35. The molecule has 0 unspecified atom stereocenters. The summed E-state index contributed by atoms with van der Waals surface area (Å²) in [4.78, 5) is 16.4. The second-order valence-corrected chi connectivity index (χ2v) is 4.70. The van der Waals surface area contributed by atoms with Crippen LogP contribution in [0, 0.1) is 6.92 Å². The number of ether oxygens (including phenoxy) is 1. The van der Waals surface area contributed by atoms with Gasteiger partial charge >= 0.3 is 0 Å². The lowest BCUT2D eigenvalue weighted by Gasteiger charge is -2.09. The topological polar surface area (TPSA) is 59.4 Å². The first-order chi connectivity index (χ1) is 9.61. The van der Waals surface area contributed by atoms with Crippen molar-refractivity contribution >= 4 is 5.78 Å². The summed E-state index contributed by atoms with van der Waals surface area (Å²) in [6.07, 6.45) is 3.38. The van der Waals surface area contributed by atoms with E-state index in [-0.39, 0.29) is 18.0 Å². The van der Waals surface area contributed by atoms with Crippen LogP contribution in [0.1, 0.15) is 27.0 Å². The van der Waals surface area contributed by atoms with Crippen molar-refractivity contribution in [1.82, 2.24) is 4.98 Å². The Balaban J connectivity index is 2.26. The molecule has 4 nitrogen and oxygen atoms in total. The Hall–Kier alpha value is -2.20. The van der Waals surface area contributed by atoms with Gasteiger partial charge < -0.3 is 9.84 Å². The molecule has 1 aromatic carbocycles. The number of phenols is 1. The van der Waals surface area contributed by atoms with Crippen molar-refractivity contribution in [2.24, 2.45) is 0 Å². The van der Waals surface area contributed by atoms with Gasteiger partial charge in [-0.1, -0.05) is 17.7 Å². The Bertz CT molecular complexity index is 623. The number of phenolic OH excluding ortho intramolecular Hbond substituents is 1. The quantitative estimate of drug-likeness (QED) is 0.849. The van der Waals surface area contributed by atoms with Gasteiger partial charge in [0, 0.05) is 42.6 Å². The van der Waals surface area contributed by atoms with Gasteiger partial charge in [0.15, 0.2) is 5.78 Å². The highest BCUT2D eigenvalue weighted by Crippen LogP contribution is 2.21. The highest BCUT2D eigenvalue weighted by Gasteiger charge is 2.14. The van der Waals surface area contributed by atoms with E-state index in [4.69, 9.17) is 4.74 Å². The molecule has 104 valence electrons. The normalized spacial score (nSPS) is 10.5. The van der Waals surface area contributed by atoms with Crippen molar-refractivity contribution in [2.45, 2.75) is 20.0 Å². The minimum Gasteiger partial charge on any atom is -0.508 e. The first-order valence-corrected chi connectivity index (χ1v) is 6.35. The molecular weight excluding hydrogens is 254 g/mol. The van der Waals surface area contributed by atoms with Crippen LogP contribution in [0.5, 0.6) is 5.75 Å². The Morgan fingerprint density at radius 2 is 2.10 bits per heavy atom. The van der Waals surface area contributed by atoms with Gasteiger partial charge in [0.1, 0.15) is 5.75 Å². The molecule has 0 atom stereocenters. The Labute approximate surface area is 118 Å². The maximum absolute atomic E-state index is 12.4. The maximum Gasteiger partial charge on any atom is 0.167 e. The van der Waals surface area contributed by atoms with Crippen LogP contribution < -0.4 is 0 Å². The minimum absolute atomic E-state index is 0.0552. The molecular formula is C16H17NO3. The van der Waals surface area contributed by atoms with E-state index in [1.54, 1.807) is 31.6 Å². The fraction of sp³-hybridized carbons (Fsp3) is 0.250. The lowest BCUT2D eigenvalue weighted by Crippen LogP contribution is -2.08. The lowest BCUT2D eigenvalue weighted by molar-refractivity contribution is 0.0987. The van der Waals surface area contributed by atoms with Crippen LogP contribution >= 0.6 is 0 Å². The number of ketones is 1. The van der Waals surface area contributed by atoms with Crippen molar-refractivity contribution in [3.05, 3.63) is 58.9 Å². The summed E-state index contributed by atoms with van der Waals surface area (Å²) in [5.41, 5.74) is 2.99. The number of methoxy groups -OCH3 is 1. The molecule has 0 radical (unpaired) electrons. The number of Topliss-reactive ketones (excluding diaryl/α,β-unsaturated/α-hetero) is 1. The van der Waals surface area contributed by atoms with Crippen molar-refractivity contribution in [2.75, 3.05) is 7.11 Å². The predicted molar refractivity (Wildman–Crippen MR) is 75.8 cm³/mol. The van der Waals surface area contributed by atoms with E-state index in [1.807, 2.05) is 19.1 Å².